The maximum absolute atomic E-state index is 12.4. The summed E-state index contributed by atoms with van der Waals surface area (Å²) in [5.74, 6) is 2.03. The van der Waals surface area contributed by atoms with Crippen molar-refractivity contribution in [3.63, 3.8) is 0 Å². The van der Waals surface area contributed by atoms with Crippen LogP contribution >= 0.6 is 0 Å². The molecule has 142 valence electrons. The van der Waals surface area contributed by atoms with E-state index < -0.39 is 0 Å². The van der Waals surface area contributed by atoms with Crippen LogP contribution in [0.4, 0.5) is 0 Å². The van der Waals surface area contributed by atoms with E-state index in [4.69, 9.17) is 14.2 Å². The van der Waals surface area contributed by atoms with E-state index in [1.807, 2.05) is 36.4 Å². The highest BCUT2D eigenvalue weighted by molar-refractivity contribution is 5.91. The molecule has 0 aromatic heterocycles. The lowest BCUT2D eigenvalue weighted by Gasteiger charge is -2.15. The van der Waals surface area contributed by atoms with E-state index in [2.05, 4.69) is 6.58 Å². The summed E-state index contributed by atoms with van der Waals surface area (Å²) in [6.07, 6.45) is 4.98. The molecule has 0 heterocycles. The van der Waals surface area contributed by atoms with E-state index in [0.29, 0.717) is 24.7 Å². The van der Waals surface area contributed by atoms with Gasteiger partial charge in [-0.05, 0) is 41.5 Å². The molecule has 2 rings (SSSR count). The Balaban J connectivity index is 1.98. The number of carbonyl (C=O) groups is 1. The Kier molecular flexibility index (Phi) is 7.49. The van der Waals surface area contributed by atoms with Crippen LogP contribution in [0.1, 0.15) is 11.1 Å². The number of amides is 1. The quantitative estimate of drug-likeness (QED) is 0.498. The zero-order valence-corrected chi connectivity index (χ0v) is 16.0. The topological polar surface area (TPSA) is 48.0 Å². The van der Waals surface area contributed by atoms with E-state index in [0.717, 1.165) is 16.9 Å². The van der Waals surface area contributed by atoms with Crippen LogP contribution in [0.5, 0.6) is 17.2 Å². The molecular formula is C22H25NO4. The van der Waals surface area contributed by atoms with Crippen LogP contribution in [0.15, 0.2) is 61.2 Å². The maximum Gasteiger partial charge on any atom is 0.246 e. The van der Waals surface area contributed by atoms with Crippen molar-refractivity contribution >= 4 is 12.0 Å². The second-order valence-electron chi connectivity index (χ2n) is 5.92. The minimum absolute atomic E-state index is 0.0937. The van der Waals surface area contributed by atoms with E-state index in [1.165, 1.54) is 6.08 Å². The van der Waals surface area contributed by atoms with Crippen molar-refractivity contribution in [2.75, 3.05) is 27.9 Å². The molecule has 0 atom stereocenters. The predicted molar refractivity (Wildman–Crippen MR) is 107 cm³/mol. The molecule has 0 saturated heterocycles. The number of hydrogen-bond acceptors (Lipinski definition) is 4. The van der Waals surface area contributed by atoms with Gasteiger partial charge in [0, 0.05) is 25.7 Å². The molecule has 2 aromatic carbocycles. The summed E-state index contributed by atoms with van der Waals surface area (Å²) in [4.78, 5) is 14.0. The van der Waals surface area contributed by atoms with Crippen LogP contribution in [0.2, 0.25) is 0 Å². The Bertz CT molecular complexity index is 774. The number of carbonyl (C=O) groups excluding carboxylic acids is 1. The molecular weight excluding hydrogens is 342 g/mol. The summed E-state index contributed by atoms with van der Waals surface area (Å²) in [7, 11) is 4.95. The van der Waals surface area contributed by atoms with Crippen molar-refractivity contribution in [2.45, 2.75) is 6.54 Å². The summed E-state index contributed by atoms with van der Waals surface area (Å²) in [6, 6.07) is 13.1. The molecule has 0 bridgehead atoms. The SMILES string of the molecule is C=CCOc1ccc(CN(C)C(=O)/C=C/c2cc(OC)cc(OC)c2)cc1. The highest BCUT2D eigenvalue weighted by Crippen LogP contribution is 2.23. The molecule has 0 N–H and O–H groups in total. The van der Waals surface area contributed by atoms with Gasteiger partial charge >= 0.3 is 0 Å². The molecule has 0 unspecified atom stereocenters. The lowest BCUT2D eigenvalue weighted by Crippen LogP contribution is -2.24. The lowest BCUT2D eigenvalue weighted by molar-refractivity contribution is -0.125. The molecule has 0 saturated carbocycles. The van der Waals surface area contributed by atoms with E-state index >= 15 is 0 Å². The minimum Gasteiger partial charge on any atom is -0.497 e. The van der Waals surface area contributed by atoms with Gasteiger partial charge in [-0.3, -0.25) is 4.79 Å². The lowest BCUT2D eigenvalue weighted by atomic mass is 10.1. The van der Waals surface area contributed by atoms with Crippen LogP contribution in [-0.4, -0.2) is 38.7 Å². The summed E-state index contributed by atoms with van der Waals surface area (Å²) in [5, 5.41) is 0. The third-order valence-electron chi connectivity index (χ3n) is 3.88. The van der Waals surface area contributed by atoms with Gasteiger partial charge in [-0.2, -0.15) is 0 Å². The van der Waals surface area contributed by atoms with Gasteiger partial charge in [-0.25, -0.2) is 0 Å². The van der Waals surface area contributed by atoms with Gasteiger partial charge in [0.05, 0.1) is 14.2 Å². The fourth-order valence-corrected chi connectivity index (χ4v) is 2.42. The van der Waals surface area contributed by atoms with Crippen LogP contribution in [0.3, 0.4) is 0 Å². The molecule has 0 aliphatic rings. The normalized spacial score (nSPS) is 10.5. The smallest absolute Gasteiger partial charge is 0.246 e. The molecule has 27 heavy (non-hydrogen) atoms. The Morgan fingerprint density at radius 1 is 1.04 bits per heavy atom. The third-order valence-corrected chi connectivity index (χ3v) is 3.88. The number of methoxy groups -OCH3 is 2. The summed E-state index contributed by atoms with van der Waals surface area (Å²) >= 11 is 0. The zero-order chi connectivity index (χ0) is 19.6. The number of likely N-dealkylation sites (N-methyl/N-ethyl adjacent to an activating group) is 1. The molecule has 1 amide bonds. The molecule has 0 aliphatic carbocycles. The first-order chi connectivity index (χ1) is 13.0. The monoisotopic (exact) mass is 367 g/mol. The largest absolute Gasteiger partial charge is 0.497 e. The molecule has 5 nitrogen and oxygen atoms in total. The van der Waals surface area contributed by atoms with Crippen molar-refractivity contribution in [1.29, 1.82) is 0 Å². The van der Waals surface area contributed by atoms with Crippen molar-refractivity contribution in [3.05, 3.63) is 72.3 Å². The first-order valence-electron chi connectivity index (χ1n) is 8.54. The fraction of sp³-hybridized carbons (Fsp3) is 0.227. The first kappa shape index (κ1) is 20.1. The van der Waals surface area contributed by atoms with Crippen molar-refractivity contribution in [2.24, 2.45) is 0 Å². The molecule has 5 heteroatoms. The Hall–Kier alpha value is -3.21. The highest BCUT2D eigenvalue weighted by Gasteiger charge is 2.07. The van der Waals surface area contributed by atoms with E-state index in [-0.39, 0.29) is 5.91 Å². The van der Waals surface area contributed by atoms with Gasteiger partial charge in [-0.15, -0.1) is 0 Å². The minimum atomic E-state index is -0.0937. The number of ether oxygens (including phenoxy) is 3. The Morgan fingerprint density at radius 3 is 2.22 bits per heavy atom. The van der Waals surface area contributed by atoms with Crippen LogP contribution in [0, 0.1) is 0 Å². The van der Waals surface area contributed by atoms with Gasteiger partial charge in [0.15, 0.2) is 0 Å². The molecule has 2 aromatic rings. The standard InChI is InChI=1S/C22H25NO4/c1-5-12-27-19-9-6-17(7-10-19)16-23(2)22(24)11-8-18-13-20(25-3)15-21(14-18)26-4/h5-11,13-15H,1,12,16H2,2-4H3/b11-8+. The average Bonchev–Trinajstić information content (AvgIpc) is 2.71. The Morgan fingerprint density at radius 2 is 1.67 bits per heavy atom. The number of hydrogen-bond donors (Lipinski definition) is 0. The van der Waals surface area contributed by atoms with E-state index in [1.54, 1.807) is 44.4 Å². The predicted octanol–water partition coefficient (Wildman–Crippen LogP) is 3.94. The van der Waals surface area contributed by atoms with Gasteiger partial charge in [-0.1, -0.05) is 24.8 Å². The average molecular weight is 367 g/mol. The molecule has 0 spiro atoms. The maximum atomic E-state index is 12.4. The summed E-state index contributed by atoms with van der Waals surface area (Å²) < 4.78 is 15.9. The van der Waals surface area contributed by atoms with Gasteiger partial charge in [0.25, 0.3) is 0 Å². The number of nitrogens with zero attached hydrogens (tertiary/aromatic N) is 1. The van der Waals surface area contributed by atoms with E-state index in [9.17, 15) is 4.79 Å². The number of benzene rings is 2. The van der Waals surface area contributed by atoms with Gasteiger partial charge < -0.3 is 19.1 Å². The van der Waals surface area contributed by atoms with Crippen LogP contribution in [0.25, 0.3) is 6.08 Å². The van der Waals surface area contributed by atoms with Crippen LogP contribution < -0.4 is 14.2 Å². The Labute approximate surface area is 160 Å². The number of rotatable bonds is 9. The highest BCUT2D eigenvalue weighted by atomic mass is 16.5. The fourth-order valence-electron chi connectivity index (χ4n) is 2.42. The van der Waals surface area contributed by atoms with Crippen molar-refractivity contribution in [1.82, 2.24) is 4.90 Å². The molecule has 0 fully saturated rings. The summed E-state index contributed by atoms with van der Waals surface area (Å²) in [5.41, 5.74) is 1.85. The molecule has 0 aliphatic heterocycles. The second-order valence-corrected chi connectivity index (χ2v) is 5.92. The van der Waals surface area contributed by atoms with Gasteiger partial charge in [0.1, 0.15) is 23.9 Å². The second kappa shape index (κ2) is 10.1. The first-order valence-corrected chi connectivity index (χ1v) is 8.54. The van der Waals surface area contributed by atoms with Crippen molar-refractivity contribution in [3.8, 4) is 17.2 Å². The summed E-state index contributed by atoms with van der Waals surface area (Å²) in [6.45, 7) is 4.60. The molecule has 0 radical (unpaired) electrons. The zero-order valence-electron chi connectivity index (χ0n) is 16.0. The third kappa shape index (κ3) is 6.22. The van der Waals surface area contributed by atoms with Gasteiger partial charge in [0.2, 0.25) is 5.91 Å². The van der Waals surface area contributed by atoms with Crippen LogP contribution in [-0.2, 0) is 11.3 Å². The van der Waals surface area contributed by atoms with Crippen molar-refractivity contribution < 1.29 is 19.0 Å².